The van der Waals surface area contributed by atoms with Crippen molar-refractivity contribution < 1.29 is 82.7 Å². The third kappa shape index (κ3) is 15.9. The van der Waals surface area contributed by atoms with Gasteiger partial charge in [-0.15, -0.1) is 0 Å². The Labute approximate surface area is 324 Å². The van der Waals surface area contributed by atoms with Crippen LogP contribution in [-0.4, -0.2) is 129 Å². The van der Waals surface area contributed by atoms with Crippen molar-refractivity contribution in [2.45, 2.75) is 163 Å². The van der Waals surface area contributed by atoms with Gasteiger partial charge in [0.05, 0.1) is 13.2 Å². The molecule has 0 aromatic heterocycles. The average Bonchev–Trinajstić information content (AvgIpc) is 3.17. The van der Waals surface area contributed by atoms with Crippen LogP contribution in [0, 0.1) is 29.6 Å². The lowest BCUT2D eigenvalue weighted by Gasteiger charge is -2.31. The highest BCUT2D eigenvalue weighted by Crippen LogP contribution is 2.25. The molecule has 0 spiro atoms. The van der Waals surface area contributed by atoms with Crippen molar-refractivity contribution in [2.24, 2.45) is 29.6 Å². The quantitative estimate of drug-likeness (QED) is 0.0617. The SMILES string of the molecule is CC[C@@H](C)[C@H](OC(=O)[C@@H](OC(=O)[C@@H](OC(=O)[C@@H](OC(C)=O)[C@@H](C)CC)[C@H](C)CC)[C@H](C)CC)C(=O)O[C@H](C(=O)O[C@H](CO)[C@H](O)[C@H](O)[C@H](O)CO)[C@H](C)CC. The molecule has 0 rings (SSSR count). The van der Waals surface area contributed by atoms with E-state index in [2.05, 4.69) is 0 Å². The second kappa shape index (κ2) is 25.7. The van der Waals surface area contributed by atoms with Gasteiger partial charge in [0.2, 0.25) is 30.5 Å². The van der Waals surface area contributed by atoms with Crippen LogP contribution in [0.15, 0.2) is 0 Å². The van der Waals surface area contributed by atoms with Crippen LogP contribution in [0.1, 0.15) is 108 Å². The number of rotatable bonds is 26. The van der Waals surface area contributed by atoms with Gasteiger partial charge in [0.25, 0.3) is 0 Å². The van der Waals surface area contributed by atoms with E-state index >= 15 is 0 Å². The molecule has 14 atom stereocenters. The van der Waals surface area contributed by atoms with Crippen LogP contribution in [0.5, 0.6) is 0 Å². The number of carbonyl (C=O) groups is 6. The monoisotopic (exact) mass is 794 g/mol. The molecule has 0 saturated heterocycles. The molecule has 0 saturated carbocycles. The average molecular weight is 795 g/mol. The van der Waals surface area contributed by atoms with Crippen molar-refractivity contribution in [1.82, 2.24) is 0 Å². The van der Waals surface area contributed by atoms with Crippen LogP contribution in [0.2, 0.25) is 0 Å². The molecule has 17 nitrogen and oxygen atoms in total. The Morgan fingerprint density at radius 3 is 0.891 bits per heavy atom. The lowest BCUT2D eigenvalue weighted by atomic mass is 9.98. The highest BCUT2D eigenvalue weighted by molar-refractivity contribution is 5.87. The highest BCUT2D eigenvalue weighted by atomic mass is 16.7. The van der Waals surface area contributed by atoms with Crippen LogP contribution >= 0.6 is 0 Å². The zero-order valence-corrected chi connectivity index (χ0v) is 34.2. The van der Waals surface area contributed by atoms with E-state index in [1.807, 2.05) is 0 Å². The summed E-state index contributed by atoms with van der Waals surface area (Å²) in [4.78, 5) is 79.3. The minimum absolute atomic E-state index is 0.270. The smallest absolute Gasteiger partial charge is 0.348 e. The van der Waals surface area contributed by atoms with Crippen molar-refractivity contribution in [3.05, 3.63) is 0 Å². The first-order chi connectivity index (χ1) is 25.7. The molecule has 0 aliphatic rings. The summed E-state index contributed by atoms with van der Waals surface area (Å²) >= 11 is 0. The van der Waals surface area contributed by atoms with Crippen LogP contribution < -0.4 is 0 Å². The maximum Gasteiger partial charge on any atom is 0.348 e. The molecule has 320 valence electrons. The van der Waals surface area contributed by atoms with Crippen LogP contribution in [-0.2, 0) is 57.2 Å². The van der Waals surface area contributed by atoms with E-state index in [0.717, 1.165) is 6.92 Å². The predicted molar refractivity (Wildman–Crippen MR) is 194 cm³/mol. The van der Waals surface area contributed by atoms with E-state index < -0.39 is 134 Å². The minimum atomic E-state index is -2.03. The summed E-state index contributed by atoms with van der Waals surface area (Å²) in [5, 5.41) is 49.0. The molecule has 0 aliphatic heterocycles. The molecule has 17 heteroatoms. The Hall–Kier alpha value is -3.38. The van der Waals surface area contributed by atoms with Gasteiger partial charge in [-0.1, -0.05) is 69.2 Å². The summed E-state index contributed by atoms with van der Waals surface area (Å²) in [5.74, 6) is -9.28. The molecule has 0 aromatic rings. The molecular weight excluding hydrogens is 728 g/mol. The summed E-state index contributed by atoms with van der Waals surface area (Å²) in [6, 6.07) is 0. The van der Waals surface area contributed by atoms with Gasteiger partial charge in [-0.3, -0.25) is 4.79 Å². The normalized spacial score (nSPS) is 19.2. The molecule has 0 bridgehead atoms. The van der Waals surface area contributed by atoms with Crippen molar-refractivity contribution >= 4 is 35.8 Å². The van der Waals surface area contributed by atoms with Gasteiger partial charge in [-0.2, -0.15) is 0 Å². The molecule has 5 N–H and O–H groups in total. The van der Waals surface area contributed by atoms with E-state index in [0.29, 0.717) is 19.3 Å². The van der Waals surface area contributed by atoms with Crippen molar-refractivity contribution in [3.8, 4) is 0 Å². The first-order valence-corrected chi connectivity index (χ1v) is 19.2. The summed E-state index contributed by atoms with van der Waals surface area (Å²) in [6.45, 7) is 15.9. The second-order valence-electron chi connectivity index (χ2n) is 14.3. The maximum absolute atomic E-state index is 13.8. The third-order valence-electron chi connectivity index (χ3n) is 9.99. The lowest BCUT2D eigenvalue weighted by Crippen LogP contribution is -2.50. The molecule has 0 amide bonds. The second-order valence-corrected chi connectivity index (χ2v) is 14.3. The fourth-order valence-corrected chi connectivity index (χ4v) is 4.99. The summed E-state index contributed by atoms with van der Waals surface area (Å²) in [6.07, 6.45) is -13.6. The largest absolute Gasteiger partial charge is 0.454 e. The first-order valence-electron chi connectivity index (χ1n) is 19.2. The number of aliphatic hydroxyl groups excluding tert-OH is 5. The molecule has 0 heterocycles. The van der Waals surface area contributed by atoms with Crippen molar-refractivity contribution in [3.63, 3.8) is 0 Å². The number of hydrogen-bond acceptors (Lipinski definition) is 17. The van der Waals surface area contributed by atoms with E-state index in [-0.39, 0.29) is 12.8 Å². The fourth-order valence-electron chi connectivity index (χ4n) is 4.99. The Morgan fingerprint density at radius 2 is 0.673 bits per heavy atom. The third-order valence-corrected chi connectivity index (χ3v) is 9.99. The number of ether oxygens (including phenoxy) is 6. The van der Waals surface area contributed by atoms with Gasteiger partial charge in [0.1, 0.15) is 18.3 Å². The van der Waals surface area contributed by atoms with Crippen molar-refractivity contribution in [2.75, 3.05) is 13.2 Å². The van der Waals surface area contributed by atoms with Crippen LogP contribution in [0.25, 0.3) is 0 Å². The Balaban J connectivity index is 6.43. The fraction of sp³-hybridized carbons (Fsp3) is 0.842. The van der Waals surface area contributed by atoms with E-state index in [9.17, 15) is 49.2 Å². The van der Waals surface area contributed by atoms with Gasteiger partial charge < -0.3 is 54.0 Å². The van der Waals surface area contributed by atoms with Gasteiger partial charge >= 0.3 is 35.8 Å². The zero-order chi connectivity index (χ0) is 42.7. The zero-order valence-electron chi connectivity index (χ0n) is 34.2. The number of esters is 6. The van der Waals surface area contributed by atoms with Crippen LogP contribution in [0.3, 0.4) is 0 Å². The van der Waals surface area contributed by atoms with Gasteiger partial charge in [-0.25, -0.2) is 24.0 Å². The Bertz CT molecular complexity index is 1210. The van der Waals surface area contributed by atoms with Crippen LogP contribution in [0.4, 0.5) is 0 Å². The first kappa shape index (κ1) is 51.6. The molecular formula is C38H66O17. The van der Waals surface area contributed by atoms with Gasteiger partial charge in [0.15, 0.2) is 6.10 Å². The van der Waals surface area contributed by atoms with E-state index in [1.165, 1.54) is 0 Å². The Morgan fingerprint density at radius 1 is 0.418 bits per heavy atom. The summed E-state index contributed by atoms with van der Waals surface area (Å²) in [5.41, 5.74) is 0. The standard InChI is InChI=1S/C38H66O17/c1-12-19(6)29(50-24(11)41)35(46)53-31(21(8)14-3)37(48)55-33(23(10)16-5)38(49)54-32(22(9)15-4)36(47)52-30(20(7)13-2)34(45)51-26(18-40)28(44)27(43)25(42)17-39/h19-23,25-33,39-40,42-44H,12-18H2,1-11H3/t19-,20+,21+,22+,23+,25+,26+,27+,28-,29-,30-,31-,32-,33-/m0/s1. The summed E-state index contributed by atoms with van der Waals surface area (Å²) in [7, 11) is 0. The molecule has 0 fully saturated rings. The van der Waals surface area contributed by atoms with E-state index in [4.69, 9.17) is 33.5 Å². The highest BCUT2D eigenvalue weighted by Gasteiger charge is 2.43. The molecule has 0 radical (unpaired) electrons. The molecule has 0 aromatic carbocycles. The molecule has 55 heavy (non-hydrogen) atoms. The number of aliphatic hydroxyl groups is 5. The number of hydrogen-bond donors (Lipinski definition) is 5. The molecule has 0 aliphatic carbocycles. The molecule has 0 unspecified atom stereocenters. The predicted octanol–water partition coefficient (Wildman–Crippen LogP) is 1.77. The van der Waals surface area contributed by atoms with E-state index in [1.54, 1.807) is 69.2 Å². The number of carbonyl (C=O) groups excluding carboxylic acids is 6. The van der Waals surface area contributed by atoms with Gasteiger partial charge in [-0.05, 0) is 32.1 Å². The summed E-state index contributed by atoms with van der Waals surface area (Å²) < 4.78 is 32.8. The topological polar surface area (TPSA) is 259 Å². The Kier molecular flexibility index (Phi) is 24.1. The van der Waals surface area contributed by atoms with Gasteiger partial charge in [0, 0.05) is 36.5 Å². The maximum atomic E-state index is 13.8. The van der Waals surface area contributed by atoms with Crippen molar-refractivity contribution in [1.29, 1.82) is 0 Å². The lowest BCUT2D eigenvalue weighted by molar-refractivity contribution is -0.199. The minimum Gasteiger partial charge on any atom is -0.454 e.